The van der Waals surface area contributed by atoms with E-state index in [1.165, 1.54) is 5.56 Å². The molecule has 6 heteroatoms. The number of rotatable bonds is 7. The Morgan fingerprint density at radius 2 is 1.70 bits per heavy atom. The summed E-state index contributed by atoms with van der Waals surface area (Å²) >= 11 is 0. The van der Waals surface area contributed by atoms with Gasteiger partial charge in [-0.05, 0) is 12.1 Å². The number of hydrogen-bond donors (Lipinski definition) is 2. The second kappa shape index (κ2) is 9.73. The Balaban J connectivity index is 1.40. The van der Waals surface area contributed by atoms with Crippen molar-refractivity contribution in [3.05, 3.63) is 60.2 Å². The summed E-state index contributed by atoms with van der Waals surface area (Å²) in [4.78, 5) is 13.5. The Labute approximate surface area is 159 Å². The second-order valence-corrected chi connectivity index (χ2v) is 6.56. The SMILES string of the molecule is COc1ccccc1OCC(=O)NN=C1CC[NH+](Cc2ccccc2)CC1. The highest BCUT2D eigenvalue weighted by atomic mass is 16.5. The lowest BCUT2D eigenvalue weighted by Gasteiger charge is -2.24. The fraction of sp³-hybridized carbons (Fsp3) is 0.333. The summed E-state index contributed by atoms with van der Waals surface area (Å²) in [6, 6.07) is 17.8. The van der Waals surface area contributed by atoms with Crippen LogP contribution in [0.1, 0.15) is 18.4 Å². The van der Waals surface area contributed by atoms with Crippen molar-refractivity contribution in [2.24, 2.45) is 5.10 Å². The molecule has 0 saturated carbocycles. The van der Waals surface area contributed by atoms with Crippen LogP contribution in [0.25, 0.3) is 0 Å². The number of quaternary nitrogens is 1. The lowest BCUT2D eigenvalue weighted by molar-refractivity contribution is -0.914. The third kappa shape index (κ3) is 5.82. The predicted octanol–water partition coefficient (Wildman–Crippen LogP) is 1.43. The van der Waals surface area contributed by atoms with Gasteiger partial charge in [0.2, 0.25) is 0 Å². The van der Waals surface area contributed by atoms with E-state index in [1.54, 1.807) is 24.1 Å². The monoisotopic (exact) mass is 368 g/mol. The molecule has 6 nitrogen and oxygen atoms in total. The van der Waals surface area contributed by atoms with Crippen molar-refractivity contribution in [3.8, 4) is 11.5 Å². The van der Waals surface area contributed by atoms with Gasteiger partial charge in [-0.2, -0.15) is 5.10 Å². The van der Waals surface area contributed by atoms with Crippen LogP contribution in [0.2, 0.25) is 0 Å². The highest BCUT2D eigenvalue weighted by molar-refractivity contribution is 5.87. The molecule has 0 aromatic heterocycles. The summed E-state index contributed by atoms with van der Waals surface area (Å²) in [6.45, 7) is 3.00. The molecule has 3 rings (SSSR count). The molecule has 2 aromatic rings. The average Bonchev–Trinajstić information content (AvgIpc) is 2.72. The molecular weight excluding hydrogens is 342 g/mol. The van der Waals surface area contributed by atoms with Gasteiger partial charge < -0.3 is 14.4 Å². The normalized spacial score (nSPS) is 16.5. The summed E-state index contributed by atoms with van der Waals surface area (Å²) in [5.41, 5.74) is 4.99. The minimum atomic E-state index is -0.271. The lowest BCUT2D eigenvalue weighted by Crippen LogP contribution is -3.11. The maximum Gasteiger partial charge on any atom is 0.277 e. The third-order valence-corrected chi connectivity index (χ3v) is 4.60. The van der Waals surface area contributed by atoms with Crippen LogP contribution < -0.4 is 19.8 Å². The van der Waals surface area contributed by atoms with Crippen molar-refractivity contribution in [1.29, 1.82) is 0 Å². The predicted molar refractivity (Wildman–Crippen MR) is 104 cm³/mol. The largest absolute Gasteiger partial charge is 0.493 e. The molecule has 0 radical (unpaired) electrons. The van der Waals surface area contributed by atoms with Gasteiger partial charge in [-0.25, -0.2) is 5.43 Å². The van der Waals surface area contributed by atoms with Crippen LogP contribution >= 0.6 is 0 Å². The first-order chi connectivity index (χ1) is 13.2. The van der Waals surface area contributed by atoms with Crippen LogP contribution in [0.5, 0.6) is 11.5 Å². The van der Waals surface area contributed by atoms with Crippen LogP contribution in [-0.4, -0.2) is 38.4 Å². The Hall–Kier alpha value is -2.86. The molecule has 1 saturated heterocycles. The molecule has 0 unspecified atom stereocenters. The van der Waals surface area contributed by atoms with E-state index in [2.05, 4.69) is 34.8 Å². The van der Waals surface area contributed by atoms with Gasteiger partial charge in [0, 0.05) is 24.1 Å². The molecule has 0 aliphatic carbocycles. The molecule has 2 N–H and O–H groups in total. The van der Waals surface area contributed by atoms with Crippen molar-refractivity contribution < 1.29 is 19.2 Å². The zero-order valence-electron chi connectivity index (χ0n) is 15.6. The summed E-state index contributed by atoms with van der Waals surface area (Å²) in [5.74, 6) is 0.874. The van der Waals surface area contributed by atoms with E-state index in [0.717, 1.165) is 38.2 Å². The van der Waals surface area contributed by atoms with E-state index < -0.39 is 0 Å². The zero-order chi connectivity index (χ0) is 18.9. The first-order valence-electron chi connectivity index (χ1n) is 9.22. The number of ether oxygens (including phenoxy) is 2. The maximum absolute atomic E-state index is 12.0. The molecule has 0 atom stereocenters. The minimum Gasteiger partial charge on any atom is -0.493 e. The fourth-order valence-corrected chi connectivity index (χ4v) is 3.12. The minimum absolute atomic E-state index is 0.0947. The topological polar surface area (TPSA) is 64.4 Å². The Kier molecular flexibility index (Phi) is 6.82. The molecule has 1 amide bonds. The molecule has 0 bridgehead atoms. The number of amides is 1. The van der Waals surface area contributed by atoms with E-state index in [4.69, 9.17) is 9.47 Å². The van der Waals surface area contributed by atoms with Gasteiger partial charge in [0.25, 0.3) is 5.91 Å². The van der Waals surface area contributed by atoms with Crippen molar-refractivity contribution in [3.63, 3.8) is 0 Å². The molecule has 27 heavy (non-hydrogen) atoms. The molecule has 0 spiro atoms. The van der Waals surface area contributed by atoms with Crippen LogP contribution in [0.15, 0.2) is 59.7 Å². The highest BCUT2D eigenvalue weighted by Crippen LogP contribution is 2.25. The van der Waals surface area contributed by atoms with Gasteiger partial charge in [-0.3, -0.25) is 4.79 Å². The zero-order valence-corrected chi connectivity index (χ0v) is 15.6. The van der Waals surface area contributed by atoms with E-state index >= 15 is 0 Å². The highest BCUT2D eigenvalue weighted by Gasteiger charge is 2.18. The Morgan fingerprint density at radius 3 is 2.41 bits per heavy atom. The summed E-state index contributed by atoms with van der Waals surface area (Å²) in [6.07, 6.45) is 1.80. The number of hydrogen-bond acceptors (Lipinski definition) is 4. The Morgan fingerprint density at radius 1 is 1.04 bits per heavy atom. The molecule has 1 fully saturated rings. The van der Waals surface area contributed by atoms with Crippen molar-refractivity contribution in [1.82, 2.24) is 5.43 Å². The van der Waals surface area contributed by atoms with Gasteiger partial charge >= 0.3 is 0 Å². The van der Waals surface area contributed by atoms with Crippen LogP contribution in [0, 0.1) is 0 Å². The van der Waals surface area contributed by atoms with Gasteiger partial charge in [0.1, 0.15) is 6.54 Å². The van der Waals surface area contributed by atoms with Gasteiger partial charge in [-0.15, -0.1) is 0 Å². The van der Waals surface area contributed by atoms with E-state index in [0.29, 0.717) is 11.5 Å². The Bertz CT molecular complexity index is 767. The van der Waals surface area contributed by atoms with Gasteiger partial charge in [0.05, 0.1) is 20.2 Å². The van der Waals surface area contributed by atoms with Crippen LogP contribution in [-0.2, 0) is 11.3 Å². The van der Waals surface area contributed by atoms with Crippen molar-refractivity contribution >= 4 is 11.6 Å². The average molecular weight is 368 g/mol. The number of carbonyl (C=O) groups excluding carboxylic acids is 1. The summed E-state index contributed by atoms with van der Waals surface area (Å²) in [7, 11) is 1.57. The number of nitrogens with zero attached hydrogens (tertiary/aromatic N) is 1. The second-order valence-electron chi connectivity index (χ2n) is 6.56. The number of nitrogens with one attached hydrogen (secondary N) is 2. The molecule has 142 valence electrons. The number of likely N-dealkylation sites (tertiary alicyclic amines) is 1. The summed E-state index contributed by atoms with van der Waals surface area (Å²) < 4.78 is 10.7. The van der Waals surface area contributed by atoms with Crippen LogP contribution in [0.3, 0.4) is 0 Å². The lowest BCUT2D eigenvalue weighted by atomic mass is 10.1. The van der Waals surface area contributed by atoms with E-state index in [-0.39, 0.29) is 12.5 Å². The number of methoxy groups -OCH3 is 1. The molecule has 2 aromatic carbocycles. The number of para-hydroxylation sites is 2. The van der Waals surface area contributed by atoms with Gasteiger partial charge in [-0.1, -0.05) is 42.5 Å². The first-order valence-corrected chi connectivity index (χ1v) is 9.22. The maximum atomic E-state index is 12.0. The van der Waals surface area contributed by atoms with Crippen LogP contribution in [0.4, 0.5) is 0 Å². The van der Waals surface area contributed by atoms with Gasteiger partial charge in [0.15, 0.2) is 18.1 Å². The summed E-state index contributed by atoms with van der Waals surface area (Å²) in [5, 5.41) is 4.27. The van der Waals surface area contributed by atoms with E-state index in [1.807, 2.05) is 18.2 Å². The molecule has 1 aliphatic rings. The third-order valence-electron chi connectivity index (χ3n) is 4.60. The number of benzene rings is 2. The van der Waals surface area contributed by atoms with Crippen molar-refractivity contribution in [2.75, 3.05) is 26.8 Å². The quantitative estimate of drug-likeness (QED) is 0.727. The molecule has 1 heterocycles. The number of hydrazone groups is 1. The molecule has 1 aliphatic heterocycles. The molecular formula is C21H26N3O3+. The first kappa shape index (κ1) is 18.9. The number of piperidine rings is 1. The smallest absolute Gasteiger partial charge is 0.277 e. The van der Waals surface area contributed by atoms with Crippen molar-refractivity contribution in [2.45, 2.75) is 19.4 Å². The number of carbonyl (C=O) groups is 1. The van der Waals surface area contributed by atoms with E-state index in [9.17, 15) is 4.79 Å². The fourth-order valence-electron chi connectivity index (χ4n) is 3.12. The standard InChI is InChI=1S/C21H25N3O3/c1-26-19-9-5-6-10-20(19)27-16-21(25)23-22-18-11-13-24(14-12-18)15-17-7-3-2-4-8-17/h2-10H,11-16H2,1H3,(H,23,25)/p+1.